The van der Waals surface area contributed by atoms with Gasteiger partial charge in [0, 0.05) is 29.2 Å². The summed E-state index contributed by atoms with van der Waals surface area (Å²) in [5.74, 6) is -1.50. The van der Waals surface area contributed by atoms with Crippen molar-refractivity contribution in [2.24, 2.45) is 0 Å². The minimum absolute atomic E-state index is 0.0115. The Balaban J connectivity index is 1.22. The Morgan fingerprint density at radius 1 is 1.00 bits per heavy atom. The van der Waals surface area contributed by atoms with E-state index in [9.17, 15) is 9.18 Å². The number of aromatic nitrogens is 2. The van der Waals surface area contributed by atoms with E-state index in [1.165, 1.54) is 19.2 Å². The van der Waals surface area contributed by atoms with E-state index in [1.807, 2.05) is 4.57 Å². The normalized spacial score (nSPS) is 17.1. The van der Waals surface area contributed by atoms with Gasteiger partial charge in [-0.15, -0.1) is 0 Å². The van der Waals surface area contributed by atoms with Crippen molar-refractivity contribution in [2.75, 3.05) is 13.7 Å². The Hall–Kier alpha value is -4.54. The number of esters is 1. The summed E-state index contributed by atoms with van der Waals surface area (Å²) in [5.41, 5.74) is 2.05. The number of para-hydroxylation sites is 1. The summed E-state index contributed by atoms with van der Waals surface area (Å²) < 4.78 is 70.1. The number of fused-ring (bicyclic) bond motifs is 2. The summed E-state index contributed by atoms with van der Waals surface area (Å²) in [4.78, 5) is 16.9. The molecule has 1 fully saturated rings. The van der Waals surface area contributed by atoms with E-state index in [0.29, 0.717) is 35.6 Å². The van der Waals surface area contributed by atoms with E-state index in [1.54, 1.807) is 36.4 Å². The first-order valence-corrected chi connectivity index (χ1v) is 14.3. The number of carbonyl (C=O) groups excluding carboxylic acids is 1. The number of benzene rings is 4. The molecule has 0 spiro atoms. The maximum Gasteiger partial charge on any atom is 0.337 e. The molecule has 2 aliphatic rings. The van der Waals surface area contributed by atoms with Crippen molar-refractivity contribution in [3.63, 3.8) is 0 Å². The molecule has 3 heterocycles. The van der Waals surface area contributed by atoms with Crippen molar-refractivity contribution in [2.45, 2.75) is 31.8 Å². The third-order valence-electron chi connectivity index (χ3n) is 7.86. The zero-order valence-corrected chi connectivity index (χ0v) is 24.0. The molecule has 0 amide bonds. The van der Waals surface area contributed by atoms with Crippen LogP contribution >= 0.6 is 11.6 Å². The fraction of sp³-hybridized carbons (Fsp3) is 0.212. The van der Waals surface area contributed by atoms with Crippen LogP contribution in [0.3, 0.4) is 0 Å². The van der Waals surface area contributed by atoms with Crippen LogP contribution in [-0.2, 0) is 22.4 Å². The number of hydrogen-bond acceptors (Lipinski definition) is 6. The number of imidazole rings is 1. The third-order valence-corrected chi connectivity index (χ3v) is 8.09. The van der Waals surface area contributed by atoms with Crippen molar-refractivity contribution in [3.05, 3.63) is 112 Å². The highest BCUT2D eigenvalue weighted by molar-refractivity contribution is 6.30. The second-order valence-corrected chi connectivity index (χ2v) is 11.0. The van der Waals surface area contributed by atoms with Gasteiger partial charge in [0.15, 0.2) is 11.5 Å². The summed E-state index contributed by atoms with van der Waals surface area (Å²) in [6.45, 7) is 1.09. The summed E-state index contributed by atoms with van der Waals surface area (Å²) in [6.07, 6.45) is -0.332. The van der Waals surface area contributed by atoms with E-state index in [2.05, 4.69) is 4.98 Å². The highest BCUT2D eigenvalue weighted by Gasteiger charge is 2.32. The average Bonchev–Trinajstić information content (AvgIpc) is 3.57. The Labute approximate surface area is 254 Å². The molecule has 7 rings (SSSR count). The average molecular weight is 621 g/mol. The topological polar surface area (TPSA) is 71.8 Å². The fourth-order valence-corrected chi connectivity index (χ4v) is 5.66. The minimum Gasteiger partial charge on any atom is -0.465 e. The van der Waals surface area contributed by atoms with Gasteiger partial charge in [-0.05, 0) is 66.6 Å². The van der Waals surface area contributed by atoms with Crippen LogP contribution in [0.25, 0.3) is 22.2 Å². The Morgan fingerprint density at radius 2 is 1.84 bits per heavy atom. The number of rotatable bonds is 7. The Bertz CT molecular complexity index is 1940. The predicted molar refractivity (Wildman–Crippen MR) is 155 cm³/mol. The van der Waals surface area contributed by atoms with E-state index >= 15 is 8.78 Å². The van der Waals surface area contributed by atoms with Gasteiger partial charge >= 0.3 is 5.97 Å². The SMILES string of the molecule is COC(=O)c1ccc2nc(Cc3cc(F)c(-c4cccc5c4OC(c4ccc(Cl)cc4F)O5)cc3F)n(C[C@@H]3CCO3)c2c1. The lowest BCUT2D eigenvalue weighted by Gasteiger charge is -2.27. The van der Waals surface area contributed by atoms with Crippen molar-refractivity contribution in [3.8, 4) is 22.6 Å². The van der Waals surface area contributed by atoms with Gasteiger partial charge < -0.3 is 23.5 Å². The standard InChI is InChI=1S/C33H24ClF3N2O5/c1-41-32(40)17-5-8-27-28(12-17)39(16-20-9-10-42-20)30(38-27)13-18-11-25(36)23(15-24(18)35)21-3-2-4-29-31(21)44-33(43-29)22-7-6-19(34)14-26(22)37/h2-8,11-12,14-15,20,33H,9-10,13,16H2,1H3/t20-,33?/m0/s1. The van der Waals surface area contributed by atoms with Gasteiger partial charge in [0.05, 0.1) is 41.9 Å². The highest BCUT2D eigenvalue weighted by atomic mass is 35.5. The summed E-state index contributed by atoms with van der Waals surface area (Å²) in [7, 11) is 1.30. The van der Waals surface area contributed by atoms with Crippen LogP contribution in [0.15, 0.2) is 66.7 Å². The minimum atomic E-state index is -1.12. The largest absolute Gasteiger partial charge is 0.465 e. The van der Waals surface area contributed by atoms with Crippen molar-refractivity contribution >= 4 is 28.6 Å². The Morgan fingerprint density at radius 3 is 2.59 bits per heavy atom. The van der Waals surface area contributed by atoms with Gasteiger partial charge in [-0.25, -0.2) is 22.9 Å². The first-order valence-electron chi connectivity index (χ1n) is 13.9. The number of hydrogen-bond donors (Lipinski definition) is 0. The van der Waals surface area contributed by atoms with E-state index < -0.39 is 29.7 Å². The van der Waals surface area contributed by atoms with Crippen LogP contribution in [0.5, 0.6) is 11.5 Å². The molecule has 0 aliphatic carbocycles. The maximum absolute atomic E-state index is 15.7. The molecule has 0 bridgehead atoms. The molecule has 0 N–H and O–H groups in total. The van der Waals surface area contributed by atoms with Gasteiger partial charge in [0.1, 0.15) is 23.3 Å². The molecule has 5 aromatic rings. The molecule has 4 aromatic carbocycles. The van der Waals surface area contributed by atoms with E-state index in [-0.39, 0.29) is 51.3 Å². The van der Waals surface area contributed by atoms with Crippen LogP contribution in [0.1, 0.15) is 40.0 Å². The number of methoxy groups -OCH3 is 1. The van der Waals surface area contributed by atoms with Crippen LogP contribution in [0.2, 0.25) is 5.02 Å². The van der Waals surface area contributed by atoms with Crippen molar-refractivity contribution < 1.29 is 36.9 Å². The molecule has 0 saturated carbocycles. The number of carbonyl (C=O) groups is 1. The lowest BCUT2D eigenvalue weighted by atomic mass is 10.00. The van der Waals surface area contributed by atoms with Crippen LogP contribution in [0, 0.1) is 17.5 Å². The Kier molecular flexibility index (Phi) is 7.18. The highest BCUT2D eigenvalue weighted by Crippen LogP contribution is 2.48. The first-order chi connectivity index (χ1) is 21.3. The van der Waals surface area contributed by atoms with Crippen LogP contribution in [0.4, 0.5) is 13.2 Å². The van der Waals surface area contributed by atoms with E-state index in [0.717, 1.165) is 24.6 Å². The summed E-state index contributed by atoms with van der Waals surface area (Å²) >= 11 is 5.87. The van der Waals surface area contributed by atoms with Crippen LogP contribution < -0.4 is 9.47 Å². The molecule has 0 radical (unpaired) electrons. The molecule has 1 aromatic heterocycles. The first kappa shape index (κ1) is 28.2. The number of ether oxygens (including phenoxy) is 4. The van der Waals surface area contributed by atoms with Gasteiger partial charge in [0.25, 0.3) is 6.29 Å². The summed E-state index contributed by atoms with van der Waals surface area (Å²) in [5, 5.41) is 0.220. The molecule has 2 aliphatic heterocycles. The monoisotopic (exact) mass is 620 g/mol. The second kappa shape index (κ2) is 11.2. The van der Waals surface area contributed by atoms with Crippen molar-refractivity contribution in [1.82, 2.24) is 9.55 Å². The lowest BCUT2D eigenvalue weighted by molar-refractivity contribution is -0.0589. The van der Waals surface area contributed by atoms with Crippen molar-refractivity contribution in [1.29, 1.82) is 0 Å². The van der Waals surface area contributed by atoms with Gasteiger partial charge in [-0.3, -0.25) is 0 Å². The number of nitrogens with zero attached hydrogens (tertiary/aromatic N) is 2. The zero-order chi connectivity index (χ0) is 30.5. The second-order valence-electron chi connectivity index (χ2n) is 10.6. The van der Waals surface area contributed by atoms with Gasteiger partial charge in [-0.1, -0.05) is 23.7 Å². The van der Waals surface area contributed by atoms with E-state index in [4.69, 9.17) is 30.5 Å². The quantitative estimate of drug-likeness (QED) is 0.177. The maximum atomic E-state index is 15.7. The molecule has 44 heavy (non-hydrogen) atoms. The fourth-order valence-electron chi connectivity index (χ4n) is 5.50. The predicted octanol–water partition coefficient (Wildman–Crippen LogP) is 7.41. The number of halogens is 4. The molecule has 11 heteroatoms. The third kappa shape index (κ3) is 5.03. The summed E-state index contributed by atoms with van der Waals surface area (Å²) in [6, 6.07) is 16.1. The molecule has 224 valence electrons. The lowest BCUT2D eigenvalue weighted by Crippen LogP contribution is -2.31. The smallest absolute Gasteiger partial charge is 0.337 e. The van der Waals surface area contributed by atoms with Gasteiger partial charge in [0.2, 0.25) is 0 Å². The molecule has 7 nitrogen and oxygen atoms in total. The van der Waals surface area contributed by atoms with Crippen LogP contribution in [-0.4, -0.2) is 35.3 Å². The molecule has 1 unspecified atom stereocenters. The zero-order valence-electron chi connectivity index (χ0n) is 23.3. The van der Waals surface area contributed by atoms with Gasteiger partial charge in [-0.2, -0.15) is 0 Å². The molecule has 1 saturated heterocycles. The molecule has 2 atom stereocenters. The molecular weight excluding hydrogens is 597 g/mol. The molecular formula is C33H24ClF3N2O5.